The highest BCUT2D eigenvalue weighted by molar-refractivity contribution is 5.86. The highest BCUT2D eigenvalue weighted by Gasteiger charge is 2.18. The van der Waals surface area contributed by atoms with Crippen molar-refractivity contribution in [2.24, 2.45) is 0 Å². The highest BCUT2D eigenvalue weighted by atomic mass is 16.5. The van der Waals surface area contributed by atoms with Crippen molar-refractivity contribution in [2.45, 2.75) is 19.8 Å². The summed E-state index contributed by atoms with van der Waals surface area (Å²) in [6.07, 6.45) is 0. The summed E-state index contributed by atoms with van der Waals surface area (Å²) in [7, 11) is 6.26. The number of hydrogen-bond acceptors (Lipinski definition) is 2. The van der Waals surface area contributed by atoms with Crippen LogP contribution < -0.4 is 0 Å². The second-order valence-electron chi connectivity index (χ2n) is 7.01. The predicted octanol–water partition coefficient (Wildman–Crippen LogP) is 3.50. The minimum atomic E-state index is -0.238. The minimum absolute atomic E-state index is 0.153. The lowest BCUT2D eigenvalue weighted by molar-refractivity contribution is -0.870. The van der Waals surface area contributed by atoms with E-state index >= 15 is 0 Å². The van der Waals surface area contributed by atoms with Gasteiger partial charge in [-0.15, -0.1) is 0 Å². The van der Waals surface area contributed by atoms with Crippen LogP contribution in [0.2, 0.25) is 0 Å². The molecule has 0 spiro atoms. The maximum absolute atomic E-state index is 12.2. The smallest absolute Gasteiger partial charge is 0.313 e. The van der Waals surface area contributed by atoms with Gasteiger partial charge in [-0.1, -0.05) is 42.0 Å². The first-order valence-corrected chi connectivity index (χ1v) is 7.74. The van der Waals surface area contributed by atoms with Crippen molar-refractivity contribution in [3.63, 3.8) is 0 Å². The van der Waals surface area contributed by atoms with Crippen molar-refractivity contribution in [3.05, 3.63) is 47.5 Å². The number of carbonyl (C=O) groups excluding carboxylic acids is 1. The van der Waals surface area contributed by atoms with Crippen LogP contribution >= 0.6 is 0 Å². The van der Waals surface area contributed by atoms with Crippen LogP contribution in [0.4, 0.5) is 0 Å². The van der Waals surface area contributed by atoms with E-state index in [1.807, 2.05) is 13.0 Å². The number of benzene rings is 2. The fraction of sp³-hybridized carbons (Fsp3) is 0.421. The molecule has 0 saturated carbocycles. The Morgan fingerprint density at radius 2 is 1.73 bits per heavy atom. The molecule has 0 aliphatic heterocycles. The molecule has 1 atom stereocenters. The Morgan fingerprint density at radius 3 is 2.41 bits per heavy atom. The van der Waals surface area contributed by atoms with Gasteiger partial charge in [-0.05, 0) is 30.2 Å². The van der Waals surface area contributed by atoms with Gasteiger partial charge in [0.15, 0.2) is 0 Å². The first kappa shape index (κ1) is 16.5. The summed E-state index contributed by atoms with van der Waals surface area (Å²) in [5, 5.41) is 2.36. The quantitative estimate of drug-likeness (QED) is 0.624. The van der Waals surface area contributed by atoms with Crippen LogP contribution in [-0.2, 0) is 9.53 Å². The van der Waals surface area contributed by atoms with Crippen molar-refractivity contribution < 1.29 is 14.0 Å². The number of hydrogen-bond donors (Lipinski definition) is 0. The van der Waals surface area contributed by atoms with Crippen molar-refractivity contribution in [2.75, 3.05) is 34.3 Å². The summed E-state index contributed by atoms with van der Waals surface area (Å²) in [6.45, 7) is 5.26. The summed E-state index contributed by atoms with van der Waals surface area (Å²) in [5.41, 5.74) is 2.25. The van der Waals surface area contributed by atoms with Gasteiger partial charge in [-0.3, -0.25) is 4.79 Å². The van der Waals surface area contributed by atoms with Crippen LogP contribution in [0, 0.1) is 6.92 Å². The van der Waals surface area contributed by atoms with E-state index in [1.165, 1.54) is 10.9 Å². The van der Waals surface area contributed by atoms with Crippen LogP contribution in [0.3, 0.4) is 0 Å². The molecule has 0 aromatic heterocycles. The Bertz CT molecular complexity index is 671. The molecule has 0 amide bonds. The van der Waals surface area contributed by atoms with Crippen molar-refractivity contribution in [1.29, 1.82) is 0 Å². The Kier molecular flexibility index (Phi) is 4.87. The fourth-order valence-corrected chi connectivity index (χ4v) is 2.33. The van der Waals surface area contributed by atoms with Gasteiger partial charge in [0.05, 0.1) is 27.1 Å². The van der Waals surface area contributed by atoms with Crippen LogP contribution in [-0.4, -0.2) is 44.7 Å². The average Bonchev–Trinajstić information content (AvgIpc) is 2.44. The number of nitrogens with zero attached hydrogens (tertiary/aromatic N) is 1. The summed E-state index contributed by atoms with van der Waals surface area (Å²) in [4.78, 5) is 12.2. The first-order chi connectivity index (χ1) is 10.3. The molecule has 0 saturated heterocycles. The molecule has 2 aromatic carbocycles. The molecule has 22 heavy (non-hydrogen) atoms. The van der Waals surface area contributed by atoms with Gasteiger partial charge in [-0.25, -0.2) is 0 Å². The molecular formula is C19H26NO2+. The zero-order chi connectivity index (χ0) is 16.3. The maximum atomic E-state index is 12.2. The number of rotatable bonds is 5. The van der Waals surface area contributed by atoms with E-state index in [0.717, 1.165) is 22.0 Å². The van der Waals surface area contributed by atoms with E-state index in [1.54, 1.807) is 0 Å². The number of likely N-dealkylation sites (N-methyl/N-ethyl adjacent to an activating group) is 1. The monoisotopic (exact) mass is 300 g/mol. The lowest BCUT2D eigenvalue weighted by atomic mass is 9.97. The molecule has 0 fully saturated rings. The Labute approximate surface area is 133 Å². The third kappa shape index (κ3) is 4.31. The molecule has 0 aliphatic rings. The van der Waals surface area contributed by atoms with E-state index in [2.05, 4.69) is 58.4 Å². The topological polar surface area (TPSA) is 26.3 Å². The van der Waals surface area contributed by atoms with Gasteiger partial charge < -0.3 is 9.22 Å². The predicted molar refractivity (Wildman–Crippen MR) is 91.0 cm³/mol. The number of ether oxygens (including phenoxy) is 1. The molecule has 0 radical (unpaired) electrons. The van der Waals surface area contributed by atoms with Gasteiger partial charge >= 0.3 is 5.97 Å². The third-order valence-corrected chi connectivity index (χ3v) is 3.88. The standard InChI is InChI=1S/C19H26NO2/c1-14-6-7-18-13-16(8-9-17(18)12-14)15(2)19(21)22-11-10-20(3,4)5/h6-9,12-13,15H,10-11H2,1-5H3/q+1/t15-/m0/s1. The summed E-state index contributed by atoms with van der Waals surface area (Å²) in [6, 6.07) is 12.5. The number of carbonyl (C=O) groups is 1. The van der Waals surface area contributed by atoms with Crippen molar-refractivity contribution in [3.8, 4) is 0 Å². The Morgan fingerprint density at radius 1 is 1.09 bits per heavy atom. The van der Waals surface area contributed by atoms with Crippen LogP contribution in [0.5, 0.6) is 0 Å². The second kappa shape index (κ2) is 6.49. The molecule has 0 bridgehead atoms. The second-order valence-corrected chi connectivity index (χ2v) is 7.01. The fourth-order valence-electron chi connectivity index (χ4n) is 2.33. The van der Waals surface area contributed by atoms with Gasteiger partial charge in [-0.2, -0.15) is 0 Å². The zero-order valence-electron chi connectivity index (χ0n) is 14.2. The van der Waals surface area contributed by atoms with E-state index < -0.39 is 0 Å². The largest absolute Gasteiger partial charge is 0.459 e. The number of quaternary nitrogens is 1. The number of aryl methyl sites for hydroxylation is 1. The van der Waals surface area contributed by atoms with Gasteiger partial charge in [0, 0.05) is 0 Å². The van der Waals surface area contributed by atoms with Crippen molar-refractivity contribution in [1.82, 2.24) is 0 Å². The van der Waals surface area contributed by atoms with E-state index in [9.17, 15) is 4.79 Å². The number of esters is 1. The maximum Gasteiger partial charge on any atom is 0.313 e. The molecule has 3 heteroatoms. The van der Waals surface area contributed by atoms with Gasteiger partial charge in [0.2, 0.25) is 0 Å². The van der Waals surface area contributed by atoms with Gasteiger partial charge in [0.25, 0.3) is 0 Å². The molecular weight excluding hydrogens is 274 g/mol. The van der Waals surface area contributed by atoms with Crippen LogP contribution in [0.15, 0.2) is 36.4 Å². The molecule has 3 nitrogen and oxygen atoms in total. The van der Waals surface area contributed by atoms with Gasteiger partial charge in [0.1, 0.15) is 13.2 Å². The first-order valence-electron chi connectivity index (χ1n) is 7.74. The third-order valence-electron chi connectivity index (χ3n) is 3.88. The Hall–Kier alpha value is -1.87. The van der Waals surface area contributed by atoms with E-state index in [-0.39, 0.29) is 11.9 Å². The lowest BCUT2D eigenvalue weighted by Crippen LogP contribution is -2.38. The molecule has 118 valence electrons. The molecule has 0 unspecified atom stereocenters. The molecule has 2 aromatic rings. The Balaban J connectivity index is 2.07. The molecule has 0 N–H and O–H groups in total. The van der Waals surface area contributed by atoms with Crippen LogP contribution in [0.1, 0.15) is 24.0 Å². The van der Waals surface area contributed by atoms with E-state index in [0.29, 0.717) is 6.61 Å². The number of fused-ring (bicyclic) bond motifs is 1. The lowest BCUT2D eigenvalue weighted by Gasteiger charge is -2.23. The van der Waals surface area contributed by atoms with Crippen molar-refractivity contribution >= 4 is 16.7 Å². The molecule has 0 aliphatic carbocycles. The summed E-state index contributed by atoms with van der Waals surface area (Å²) >= 11 is 0. The molecule has 0 heterocycles. The zero-order valence-corrected chi connectivity index (χ0v) is 14.2. The van der Waals surface area contributed by atoms with Crippen LogP contribution in [0.25, 0.3) is 10.8 Å². The highest BCUT2D eigenvalue weighted by Crippen LogP contribution is 2.23. The van der Waals surface area contributed by atoms with E-state index in [4.69, 9.17) is 4.74 Å². The SMILES string of the molecule is Cc1ccc2cc([C@H](C)C(=O)OCC[N+](C)(C)C)ccc2c1. The average molecular weight is 300 g/mol. The molecule has 2 rings (SSSR count). The summed E-state index contributed by atoms with van der Waals surface area (Å²) in [5.74, 6) is -0.391. The normalized spacial score (nSPS) is 13.1. The summed E-state index contributed by atoms with van der Waals surface area (Å²) < 4.78 is 6.20. The minimum Gasteiger partial charge on any atom is -0.459 e.